The SMILES string of the molecule is O=C(O)CC1CCCN(Cc2c[nH]c3ccccc23)C1. The molecule has 1 aliphatic rings. The number of carboxylic acids is 1. The van der Waals surface area contributed by atoms with E-state index in [0.29, 0.717) is 12.3 Å². The van der Waals surface area contributed by atoms with E-state index in [2.05, 4.69) is 34.3 Å². The van der Waals surface area contributed by atoms with E-state index in [1.54, 1.807) is 0 Å². The van der Waals surface area contributed by atoms with Crippen molar-refractivity contribution in [2.45, 2.75) is 25.8 Å². The van der Waals surface area contributed by atoms with Crippen molar-refractivity contribution in [1.29, 1.82) is 0 Å². The minimum atomic E-state index is -0.677. The molecule has 0 bridgehead atoms. The van der Waals surface area contributed by atoms with Crippen LogP contribution in [0.25, 0.3) is 10.9 Å². The molecular weight excluding hydrogens is 252 g/mol. The number of likely N-dealkylation sites (tertiary alicyclic amines) is 1. The molecule has 2 heterocycles. The van der Waals surface area contributed by atoms with Gasteiger partial charge in [-0.3, -0.25) is 9.69 Å². The Morgan fingerprint density at radius 1 is 1.40 bits per heavy atom. The van der Waals surface area contributed by atoms with Gasteiger partial charge in [-0.25, -0.2) is 0 Å². The van der Waals surface area contributed by atoms with Crippen LogP contribution in [0.5, 0.6) is 0 Å². The second-order valence-electron chi connectivity index (χ2n) is 5.70. The molecule has 1 aromatic carbocycles. The number of nitrogens with one attached hydrogen (secondary N) is 1. The predicted octanol–water partition coefficient (Wildman–Crippen LogP) is 2.85. The normalized spacial score (nSPS) is 20.3. The summed E-state index contributed by atoms with van der Waals surface area (Å²) in [5.41, 5.74) is 2.47. The van der Waals surface area contributed by atoms with Crippen LogP contribution in [0.15, 0.2) is 30.5 Å². The van der Waals surface area contributed by atoms with Crippen molar-refractivity contribution in [1.82, 2.24) is 9.88 Å². The number of fused-ring (bicyclic) bond motifs is 1. The summed E-state index contributed by atoms with van der Waals surface area (Å²) in [6.45, 7) is 2.86. The number of para-hydroxylation sites is 1. The summed E-state index contributed by atoms with van der Waals surface area (Å²) in [6.07, 6.45) is 4.51. The van der Waals surface area contributed by atoms with E-state index in [1.165, 1.54) is 16.5 Å². The van der Waals surface area contributed by atoms with Gasteiger partial charge >= 0.3 is 5.97 Å². The molecule has 1 unspecified atom stereocenters. The van der Waals surface area contributed by atoms with Crippen molar-refractivity contribution >= 4 is 16.9 Å². The minimum Gasteiger partial charge on any atom is -0.481 e. The molecule has 0 radical (unpaired) electrons. The van der Waals surface area contributed by atoms with E-state index in [9.17, 15) is 4.79 Å². The zero-order valence-corrected chi connectivity index (χ0v) is 11.5. The van der Waals surface area contributed by atoms with Gasteiger partial charge in [-0.15, -0.1) is 0 Å². The number of nitrogens with zero attached hydrogens (tertiary/aromatic N) is 1. The summed E-state index contributed by atoms with van der Waals surface area (Å²) in [6, 6.07) is 8.32. The van der Waals surface area contributed by atoms with Crippen molar-refractivity contribution in [2.24, 2.45) is 5.92 Å². The fourth-order valence-electron chi connectivity index (χ4n) is 3.21. The molecule has 0 saturated carbocycles. The van der Waals surface area contributed by atoms with Gasteiger partial charge in [0, 0.05) is 36.6 Å². The van der Waals surface area contributed by atoms with Crippen molar-refractivity contribution in [3.05, 3.63) is 36.0 Å². The molecule has 4 heteroatoms. The van der Waals surface area contributed by atoms with Gasteiger partial charge in [-0.1, -0.05) is 18.2 Å². The first-order valence-electron chi connectivity index (χ1n) is 7.21. The van der Waals surface area contributed by atoms with Crippen molar-refractivity contribution < 1.29 is 9.90 Å². The number of aromatic amines is 1. The molecule has 4 nitrogen and oxygen atoms in total. The highest BCUT2D eigenvalue weighted by molar-refractivity contribution is 5.82. The lowest BCUT2D eigenvalue weighted by Crippen LogP contribution is -2.35. The van der Waals surface area contributed by atoms with E-state index in [-0.39, 0.29) is 0 Å². The van der Waals surface area contributed by atoms with Gasteiger partial charge in [-0.05, 0) is 36.9 Å². The third-order valence-corrected chi connectivity index (χ3v) is 4.14. The average molecular weight is 272 g/mol. The first-order chi connectivity index (χ1) is 9.72. The lowest BCUT2D eigenvalue weighted by molar-refractivity contribution is -0.138. The fourth-order valence-corrected chi connectivity index (χ4v) is 3.21. The molecule has 2 N–H and O–H groups in total. The van der Waals surface area contributed by atoms with Gasteiger partial charge < -0.3 is 10.1 Å². The van der Waals surface area contributed by atoms with E-state index in [0.717, 1.165) is 32.5 Å². The molecule has 20 heavy (non-hydrogen) atoms. The van der Waals surface area contributed by atoms with E-state index in [1.807, 2.05) is 6.07 Å². The minimum absolute atomic E-state index is 0.296. The van der Waals surface area contributed by atoms with Crippen LogP contribution in [0.4, 0.5) is 0 Å². The van der Waals surface area contributed by atoms with E-state index >= 15 is 0 Å². The number of aliphatic carboxylic acids is 1. The molecule has 1 saturated heterocycles. The number of H-pyrrole nitrogens is 1. The topological polar surface area (TPSA) is 56.3 Å². The van der Waals surface area contributed by atoms with Gasteiger partial charge in [0.25, 0.3) is 0 Å². The Morgan fingerprint density at radius 2 is 2.25 bits per heavy atom. The Bertz CT molecular complexity index is 605. The molecule has 1 aliphatic heterocycles. The van der Waals surface area contributed by atoms with E-state index < -0.39 is 5.97 Å². The molecule has 1 aromatic heterocycles. The van der Waals surface area contributed by atoms with Crippen molar-refractivity contribution in [3.63, 3.8) is 0 Å². The molecule has 1 fully saturated rings. The Hall–Kier alpha value is -1.81. The second-order valence-corrected chi connectivity index (χ2v) is 5.70. The summed E-state index contributed by atoms with van der Waals surface area (Å²) in [4.78, 5) is 16.5. The smallest absolute Gasteiger partial charge is 0.303 e. The number of carboxylic acid groups (broad SMARTS) is 1. The lowest BCUT2D eigenvalue weighted by atomic mass is 9.94. The Kier molecular flexibility index (Phi) is 3.74. The van der Waals surface area contributed by atoms with E-state index in [4.69, 9.17) is 5.11 Å². The summed E-state index contributed by atoms with van der Waals surface area (Å²) >= 11 is 0. The Morgan fingerprint density at radius 3 is 3.10 bits per heavy atom. The van der Waals surface area contributed by atoms with Crippen molar-refractivity contribution in [2.75, 3.05) is 13.1 Å². The van der Waals surface area contributed by atoms with Gasteiger partial charge in [-0.2, -0.15) is 0 Å². The lowest BCUT2D eigenvalue weighted by Gasteiger charge is -2.31. The maximum atomic E-state index is 10.8. The molecule has 106 valence electrons. The van der Waals surface area contributed by atoms with Crippen LogP contribution < -0.4 is 0 Å². The quantitative estimate of drug-likeness (QED) is 0.899. The molecule has 2 aromatic rings. The highest BCUT2D eigenvalue weighted by Crippen LogP contribution is 2.24. The molecule has 3 rings (SSSR count). The van der Waals surface area contributed by atoms with Crippen LogP contribution in [0.1, 0.15) is 24.8 Å². The van der Waals surface area contributed by atoms with Crippen LogP contribution >= 0.6 is 0 Å². The number of rotatable bonds is 4. The third kappa shape index (κ3) is 2.85. The average Bonchev–Trinajstić information content (AvgIpc) is 2.82. The van der Waals surface area contributed by atoms with Gasteiger partial charge in [0.2, 0.25) is 0 Å². The van der Waals surface area contributed by atoms with Crippen LogP contribution in [0, 0.1) is 5.92 Å². The zero-order chi connectivity index (χ0) is 13.9. The maximum absolute atomic E-state index is 10.8. The van der Waals surface area contributed by atoms with Gasteiger partial charge in [0.1, 0.15) is 0 Å². The second kappa shape index (κ2) is 5.67. The monoisotopic (exact) mass is 272 g/mol. The summed E-state index contributed by atoms with van der Waals surface area (Å²) in [5.74, 6) is -0.379. The van der Waals surface area contributed by atoms with Gasteiger partial charge in [0.15, 0.2) is 0 Å². The number of aromatic nitrogens is 1. The van der Waals surface area contributed by atoms with Gasteiger partial charge in [0.05, 0.1) is 0 Å². The maximum Gasteiger partial charge on any atom is 0.303 e. The zero-order valence-electron chi connectivity index (χ0n) is 11.5. The van der Waals surface area contributed by atoms with Crippen molar-refractivity contribution in [3.8, 4) is 0 Å². The standard InChI is InChI=1S/C16H20N2O2/c19-16(20)8-12-4-3-7-18(10-12)11-13-9-17-15-6-2-1-5-14(13)15/h1-2,5-6,9,12,17H,3-4,7-8,10-11H2,(H,19,20). The number of carbonyl (C=O) groups is 1. The third-order valence-electron chi connectivity index (χ3n) is 4.14. The molecular formula is C16H20N2O2. The van der Waals surface area contributed by atoms with Crippen LogP contribution in [-0.4, -0.2) is 34.0 Å². The predicted molar refractivity (Wildman–Crippen MR) is 78.6 cm³/mol. The molecule has 0 amide bonds. The van der Waals surface area contributed by atoms with Crippen LogP contribution in [0.2, 0.25) is 0 Å². The summed E-state index contributed by atoms with van der Waals surface area (Å²) in [7, 11) is 0. The largest absolute Gasteiger partial charge is 0.481 e. The molecule has 0 spiro atoms. The number of hydrogen-bond acceptors (Lipinski definition) is 2. The number of benzene rings is 1. The summed E-state index contributed by atoms with van der Waals surface area (Å²) in [5, 5.41) is 10.2. The highest BCUT2D eigenvalue weighted by atomic mass is 16.4. The Balaban J connectivity index is 1.69. The Labute approximate surface area is 118 Å². The first kappa shape index (κ1) is 13.2. The molecule has 1 atom stereocenters. The molecule has 0 aliphatic carbocycles. The number of piperidine rings is 1. The first-order valence-corrected chi connectivity index (χ1v) is 7.21. The fraction of sp³-hybridized carbons (Fsp3) is 0.438. The summed E-state index contributed by atoms with van der Waals surface area (Å²) < 4.78 is 0. The number of hydrogen-bond donors (Lipinski definition) is 2. The van der Waals surface area contributed by atoms with Crippen LogP contribution in [0.3, 0.4) is 0 Å². The van der Waals surface area contributed by atoms with Crippen LogP contribution in [-0.2, 0) is 11.3 Å². The highest BCUT2D eigenvalue weighted by Gasteiger charge is 2.22.